The molecule has 0 saturated heterocycles. The van der Waals surface area contributed by atoms with Gasteiger partial charge in [0.1, 0.15) is 0 Å². The molecule has 0 nitrogen and oxygen atoms in total. The zero-order chi connectivity index (χ0) is 4.28. The van der Waals surface area contributed by atoms with E-state index in [0.717, 1.165) is 5.92 Å². The van der Waals surface area contributed by atoms with Crippen LogP contribution >= 0.6 is 0 Å². The first kappa shape index (κ1) is 9.70. The van der Waals surface area contributed by atoms with Crippen molar-refractivity contribution in [1.82, 2.24) is 0 Å². The number of halogens is 1. The van der Waals surface area contributed by atoms with Gasteiger partial charge in [0.05, 0.1) is 0 Å². The minimum absolute atomic E-state index is 0. The standard InChI is InChI=1S/C5H12.BrH/c1-4-5(2)3;/h5H,4H2,1-3H3;1H/p-1. The Morgan fingerprint density at radius 1 is 1.33 bits per heavy atom. The molecule has 0 spiro atoms. The van der Waals surface area contributed by atoms with Gasteiger partial charge in [-0.1, -0.05) is 27.2 Å². The van der Waals surface area contributed by atoms with E-state index in [0.29, 0.717) is 0 Å². The maximum atomic E-state index is 2.22. The second-order valence-corrected chi connectivity index (χ2v) is 1.80. The van der Waals surface area contributed by atoms with Gasteiger partial charge < -0.3 is 17.0 Å². The van der Waals surface area contributed by atoms with Gasteiger partial charge in [-0.05, 0) is 5.92 Å². The van der Waals surface area contributed by atoms with Gasteiger partial charge in [0.2, 0.25) is 0 Å². The van der Waals surface area contributed by atoms with Crippen LogP contribution in [0.2, 0.25) is 0 Å². The molecule has 0 atom stereocenters. The Hall–Kier alpha value is 0.480. The van der Waals surface area contributed by atoms with Crippen LogP contribution in [0.15, 0.2) is 0 Å². The summed E-state index contributed by atoms with van der Waals surface area (Å²) in [5, 5.41) is 0. The fourth-order valence-electron chi connectivity index (χ4n) is 0. The van der Waals surface area contributed by atoms with Crippen molar-refractivity contribution < 1.29 is 17.0 Å². The van der Waals surface area contributed by atoms with Crippen LogP contribution in [0.3, 0.4) is 0 Å². The Bertz CT molecular complexity index is 17.9. The SMILES string of the molecule is CCC(C)C.[Br-]. The molecule has 0 aromatic rings. The lowest BCUT2D eigenvalue weighted by Gasteiger charge is -1.90. The highest BCUT2D eigenvalue weighted by atomic mass is 79.9. The van der Waals surface area contributed by atoms with E-state index in [1.54, 1.807) is 0 Å². The van der Waals surface area contributed by atoms with Crippen LogP contribution in [0.5, 0.6) is 0 Å². The van der Waals surface area contributed by atoms with Crippen LogP contribution in [-0.4, -0.2) is 0 Å². The molecule has 0 fully saturated rings. The topological polar surface area (TPSA) is 0 Å². The zero-order valence-electron chi connectivity index (χ0n) is 4.66. The molecule has 0 N–H and O–H groups in total. The van der Waals surface area contributed by atoms with Crippen molar-refractivity contribution in [3.63, 3.8) is 0 Å². The summed E-state index contributed by atoms with van der Waals surface area (Å²) in [5.74, 6) is 0.884. The molecule has 0 radical (unpaired) electrons. The second-order valence-electron chi connectivity index (χ2n) is 1.80. The van der Waals surface area contributed by atoms with Crippen LogP contribution in [-0.2, 0) is 0 Å². The molecule has 1 heteroatoms. The predicted octanol–water partition coefficient (Wildman–Crippen LogP) is -0.944. The van der Waals surface area contributed by atoms with Crippen LogP contribution in [0.25, 0.3) is 0 Å². The molecule has 0 aliphatic carbocycles. The number of hydrogen-bond acceptors (Lipinski definition) is 0. The lowest BCUT2D eigenvalue weighted by atomic mass is 10.2. The lowest BCUT2D eigenvalue weighted by molar-refractivity contribution is -0.00000137. The maximum absolute atomic E-state index is 2.22. The Kier molecular flexibility index (Phi) is 8.86. The van der Waals surface area contributed by atoms with E-state index < -0.39 is 0 Å². The molecule has 40 valence electrons. The van der Waals surface area contributed by atoms with Gasteiger partial charge in [-0.2, -0.15) is 0 Å². The molecular weight excluding hydrogens is 140 g/mol. The average Bonchev–Trinajstić information content (AvgIpc) is 1.38. The van der Waals surface area contributed by atoms with Crippen molar-refractivity contribution in [2.45, 2.75) is 27.2 Å². The van der Waals surface area contributed by atoms with Gasteiger partial charge in [-0.15, -0.1) is 0 Å². The third-order valence-corrected chi connectivity index (χ3v) is 0.816. The summed E-state index contributed by atoms with van der Waals surface area (Å²) in [6.07, 6.45) is 1.31. The van der Waals surface area contributed by atoms with E-state index in [9.17, 15) is 0 Å². The minimum Gasteiger partial charge on any atom is -1.00 e. The van der Waals surface area contributed by atoms with E-state index in [4.69, 9.17) is 0 Å². The van der Waals surface area contributed by atoms with Gasteiger partial charge >= 0.3 is 0 Å². The smallest absolute Gasteiger partial charge is 0.0474 e. The summed E-state index contributed by atoms with van der Waals surface area (Å²) in [7, 11) is 0. The Morgan fingerprint density at radius 3 is 1.50 bits per heavy atom. The molecule has 0 aliphatic rings. The summed E-state index contributed by atoms with van der Waals surface area (Å²) >= 11 is 0. The van der Waals surface area contributed by atoms with E-state index in [1.165, 1.54) is 6.42 Å². The number of hydrogen-bond donors (Lipinski definition) is 0. The van der Waals surface area contributed by atoms with Crippen LogP contribution in [0.1, 0.15) is 27.2 Å². The molecule has 0 aromatic carbocycles. The van der Waals surface area contributed by atoms with Gasteiger partial charge in [0.15, 0.2) is 0 Å². The first-order chi connectivity index (χ1) is 2.27. The van der Waals surface area contributed by atoms with Crippen molar-refractivity contribution in [3.8, 4) is 0 Å². The zero-order valence-corrected chi connectivity index (χ0v) is 6.25. The summed E-state index contributed by atoms with van der Waals surface area (Å²) in [5.41, 5.74) is 0. The third kappa shape index (κ3) is 8.82. The Morgan fingerprint density at radius 2 is 1.50 bits per heavy atom. The Labute approximate surface area is 50.7 Å². The highest BCUT2D eigenvalue weighted by Gasteiger charge is 1.80. The first-order valence-electron chi connectivity index (χ1n) is 2.27. The lowest BCUT2D eigenvalue weighted by Crippen LogP contribution is -3.00. The molecule has 0 amide bonds. The van der Waals surface area contributed by atoms with Crippen LogP contribution in [0.4, 0.5) is 0 Å². The molecule has 6 heavy (non-hydrogen) atoms. The van der Waals surface area contributed by atoms with E-state index >= 15 is 0 Å². The fourth-order valence-corrected chi connectivity index (χ4v) is 0. The largest absolute Gasteiger partial charge is 1.00 e. The van der Waals surface area contributed by atoms with E-state index in [1.807, 2.05) is 0 Å². The van der Waals surface area contributed by atoms with Crippen molar-refractivity contribution in [2.75, 3.05) is 0 Å². The van der Waals surface area contributed by atoms with Gasteiger partial charge in [0.25, 0.3) is 0 Å². The minimum atomic E-state index is 0. The van der Waals surface area contributed by atoms with Gasteiger partial charge in [-0.25, -0.2) is 0 Å². The molecule has 0 aromatic heterocycles. The highest BCUT2D eigenvalue weighted by Crippen LogP contribution is 1.93. The van der Waals surface area contributed by atoms with Crippen molar-refractivity contribution in [1.29, 1.82) is 0 Å². The summed E-state index contributed by atoms with van der Waals surface area (Å²) in [6.45, 7) is 6.64. The fraction of sp³-hybridized carbons (Fsp3) is 1.00. The predicted molar refractivity (Wildman–Crippen MR) is 25.1 cm³/mol. The van der Waals surface area contributed by atoms with Crippen molar-refractivity contribution >= 4 is 0 Å². The second kappa shape index (κ2) is 5.48. The molecule has 0 aliphatic heterocycles. The summed E-state index contributed by atoms with van der Waals surface area (Å²) in [6, 6.07) is 0. The van der Waals surface area contributed by atoms with Gasteiger partial charge in [-0.3, -0.25) is 0 Å². The quantitative estimate of drug-likeness (QED) is 0.454. The maximum Gasteiger partial charge on any atom is -0.0474 e. The van der Waals surface area contributed by atoms with Crippen molar-refractivity contribution in [2.24, 2.45) is 5.92 Å². The first-order valence-corrected chi connectivity index (χ1v) is 2.27. The molecule has 0 bridgehead atoms. The van der Waals surface area contributed by atoms with E-state index in [-0.39, 0.29) is 17.0 Å². The Balaban J connectivity index is 0. The monoisotopic (exact) mass is 151 g/mol. The molecule has 0 saturated carbocycles. The average molecular weight is 152 g/mol. The molecule has 0 heterocycles. The molecular formula is C5H12Br-. The summed E-state index contributed by atoms with van der Waals surface area (Å²) < 4.78 is 0. The van der Waals surface area contributed by atoms with E-state index in [2.05, 4.69) is 20.8 Å². The van der Waals surface area contributed by atoms with Crippen LogP contribution in [0, 0.1) is 5.92 Å². The molecule has 0 unspecified atom stereocenters. The molecule has 0 rings (SSSR count). The highest BCUT2D eigenvalue weighted by molar-refractivity contribution is 4.32. The van der Waals surface area contributed by atoms with Crippen molar-refractivity contribution in [3.05, 3.63) is 0 Å². The third-order valence-electron chi connectivity index (χ3n) is 0.816. The normalized spacial score (nSPS) is 8.00. The van der Waals surface area contributed by atoms with Gasteiger partial charge in [0, 0.05) is 0 Å². The summed E-state index contributed by atoms with van der Waals surface area (Å²) in [4.78, 5) is 0. The van der Waals surface area contributed by atoms with Crippen LogP contribution < -0.4 is 17.0 Å². The number of rotatable bonds is 1.